The quantitative estimate of drug-likeness (QED) is 0.640. The lowest BCUT2D eigenvalue weighted by Crippen LogP contribution is -2.31. The number of hydrogen-bond donors (Lipinski definition) is 1. The molecule has 0 aliphatic rings. The minimum atomic E-state index is -0.972. The molecule has 1 amide bonds. The van der Waals surface area contributed by atoms with Crippen LogP contribution >= 0.6 is 0 Å². The van der Waals surface area contributed by atoms with Crippen LogP contribution in [0.2, 0.25) is 0 Å². The van der Waals surface area contributed by atoms with Gasteiger partial charge in [-0.1, -0.05) is 0 Å². The van der Waals surface area contributed by atoms with E-state index >= 15 is 0 Å². The van der Waals surface area contributed by atoms with Crippen molar-refractivity contribution in [1.29, 1.82) is 0 Å². The second kappa shape index (κ2) is 9.81. The minimum absolute atomic E-state index is 0.0573. The molecule has 1 unspecified atom stereocenters. The number of carbonyl (C=O) groups excluding carboxylic acids is 2. The molecule has 0 spiro atoms. The maximum atomic E-state index is 12.4. The zero-order valence-electron chi connectivity index (χ0n) is 17.5. The van der Waals surface area contributed by atoms with Crippen molar-refractivity contribution in [3.8, 4) is 17.2 Å². The van der Waals surface area contributed by atoms with Gasteiger partial charge in [0.25, 0.3) is 5.91 Å². The van der Waals surface area contributed by atoms with Gasteiger partial charge in [-0.3, -0.25) is 9.59 Å². The molecule has 1 atom stereocenters. The van der Waals surface area contributed by atoms with Crippen molar-refractivity contribution in [3.63, 3.8) is 0 Å². The average Bonchev–Trinajstić information content (AvgIpc) is 3.15. The van der Waals surface area contributed by atoms with Crippen molar-refractivity contribution >= 4 is 17.7 Å². The van der Waals surface area contributed by atoms with Gasteiger partial charge in [0.05, 0.1) is 33.9 Å². The van der Waals surface area contributed by atoms with Crippen LogP contribution in [-0.4, -0.2) is 49.1 Å². The molecule has 2 aromatic rings. The minimum Gasteiger partial charge on any atom is -0.493 e. The number of methoxy groups -OCH3 is 3. The summed E-state index contributed by atoms with van der Waals surface area (Å²) < 4.78 is 22.8. The number of benzene rings is 1. The Morgan fingerprint density at radius 1 is 1.07 bits per heavy atom. The lowest BCUT2D eigenvalue weighted by Gasteiger charge is -2.16. The van der Waals surface area contributed by atoms with Gasteiger partial charge in [-0.15, -0.1) is 0 Å². The Hall–Kier alpha value is -3.23. The van der Waals surface area contributed by atoms with Crippen molar-refractivity contribution < 1.29 is 28.5 Å². The van der Waals surface area contributed by atoms with E-state index in [0.29, 0.717) is 28.6 Å². The highest BCUT2D eigenvalue weighted by Gasteiger charge is 2.21. The molecule has 1 N–H and O–H groups in total. The molecule has 0 bridgehead atoms. The van der Waals surface area contributed by atoms with Crippen LogP contribution in [0.5, 0.6) is 17.2 Å². The number of nitrogens with one attached hydrogen (secondary N) is 1. The molecule has 9 nitrogen and oxygen atoms in total. The van der Waals surface area contributed by atoms with Gasteiger partial charge < -0.3 is 24.3 Å². The Bertz CT molecular complexity index is 837. The van der Waals surface area contributed by atoms with E-state index in [0.717, 1.165) is 0 Å². The number of esters is 1. The van der Waals surface area contributed by atoms with Crippen molar-refractivity contribution in [1.82, 2.24) is 9.78 Å². The first kappa shape index (κ1) is 22.1. The van der Waals surface area contributed by atoms with Crippen LogP contribution in [0, 0.1) is 0 Å². The number of hydrogen-bond acceptors (Lipinski definition) is 7. The highest BCUT2D eigenvalue weighted by molar-refractivity contribution is 5.94. The predicted molar refractivity (Wildman–Crippen MR) is 107 cm³/mol. The zero-order chi connectivity index (χ0) is 21.6. The summed E-state index contributed by atoms with van der Waals surface area (Å²) >= 11 is 0. The van der Waals surface area contributed by atoms with Crippen molar-refractivity contribution in [3.05, 3.63) is 30.0 Å². The normalized spacial score (nSPS) is 11.7. The Balaban J connectivity index is 2.03. The molecular weight excluding hydrogens is 378 g/mol. The zero-order valence-corrected chi connectivity index (χ0v) is 17.5. The van der Waals surface area contributed by atoms with E-state index in [1.807, 2.05) is 13.8 Å². The average molecular weight is 405 g/mol. The van der Waals surface area contributed by atoms with Gasteiger partial charge >= 0.3 is 5.97 Å². The first-order chi connectivity index (χ1) is 13.8. The topological polar surface area (TPSA) is 101 Å². The van der Waals surface area contributed by atoms with Crippen molar-refractivity contribution in [2.45, 2.75) is 39.3 Å². The van der Waals surface area contributed by atoms with E-state index < -0.39 is 18.0 Å². The Morgan fingerprint density at radius 3 is 2.21 bits per heavy atom. The predicted octanol–water partition coefficient (Wildman–Crippen LogP) is 2.60. The summed E-state index contributed by atoms with van der Waals surface area (Å²) in [4.78, 5) is 24.7. The fraction of sp³-hybridized carbons (Fsp3) is 0.450. The third-order valence-corrected chi connectivity index (χ3v) is 4.16. The number of aromatic nitrogens is 2. The van der Waals surface area contributed by atoms with Crippen LogP contribution in [0.3, 0.4) is 0 Å². The fourth-order valence-corrected chi connectivity index (χ4v) is 2.75. The second-order valence-corrected chi connectivity index (χ2v) is 6.59. The first-order valence-corrected chi connectivity index (χ1v) is 9.13. The molecule has 0 aliphatic heterocycles. The van der Waals surface area contributed by atoms with E-state index in [4.69, 9.17) is 18.9 Å². The molecule has 158 valence electrons. The number of amides is 1. The smallest absolute Gasteiger partial charge is 0.311 e. The maximum Gasteiger partial charge on any atom is 0.311 e. The molecule has 1 aromatic carbocycles. The Morgan fingerprint density at radius 2 is 1.69 bits per heavy atom. The molecule has 1 aromatic heterocycles. The van der Waals surface area contributed by atoms with Crippen LogP contribution in [0.1, 0.15) is 32.4 Å². The third-order valence-electron chi connectivity index (χ3n) is 4.16. The van der Waals surface area contributed by atoms with Crippen LogP contribution < -0.4 is 19.5 Å². The van der Waals surface area contributed by atoms with E-state index in [1.165, 1.54) is 28.3 Å². The van der Waals surface area contributed by atoms with E-state index in [9.17, 15) is 9.59 Å². The summed E-state index contributed by atoms with van der Waals surface area (Å²) in [5.41, 5.74) is 0.606. The molecule has 9 heteroatoms. The van der Waals surface area contributed by atoms with Gasteiger partial charge in [-0.25, -0.2) is 4.68 Å². The summed E-state index contributed by atoms with van der Waals surface area (Å²) in [5.74, 6) is 0.842. The summed E-state index contributed by atoms with van der Waals surface area (Å²) in [5, 5.41) is 6.87. The number of anilines is 1. The highest BCUT2D eigenvalue weighted by atomic mass is 16.5. The van der Waals surface area contributed by atoms with Crippen LogP contribution in [0.4, 0.5) is 5.82 Å². The monoisotopic (exact) mass is 405 g/mol. The number of carbonyl (C=O) groups is 2. The highest BCUT2D eigenvalue weighted by Crippen LogP contribution is 2.38. The lowest BCUT2D eigenvalue weighted by atomic mass is 10.1. The van der Waals surface area contributed by atoms with Crippen LogP contribution in [0.25, 0.3) is 0 Å². The van der Waals surface area contributed by atoms with Gasteiger partial charge in [0.15, 0.2) is 17.6 Å². The molecule has 0 aliphatic carbocycles. The van der Waals surface area contributed by atoms with Crippen LogP contribution in [0.15, 0.2) is 24.4 Å². The molecule has 0 radical (unpaired) electrons. The second-order valence-electron chi connectivity index (χ2n) is 6.59. The number of rotatable bonds is 9. The third kappa shape index (κ3) is 5.40. The largest absolute Gasteiger partial charge is 0.493 e. The van der Waals surface area contributed by atoms with Gasteiger partial charge in [0.2, 0.25) is 5.75 Å². The van der Waals surface area contributed by atoms with Gasteiger partial charge in [0, 0.05) is 12.1 Å². The molecule has 29 heavy (non-hydrogen) atoms. The maximum absolute atomic E-state index is 12.4. The SMILES string of the molecule is COc1cc(CC(=O)OC(C)C(=O)Nc2ccnn2C(C)C)cc(OC)c1OC. The molecule has 0 saturated carbocycles. The summed E-state index contributed by atoms with van der Waals surface area (Å²) in [6.45, 7) is 5.41. The fourth-order valence-electron chi connectivity index (χ4n) is 2.75. The van der Waals surface area contributed by atoms with Gasteiger partial charge in [-0.05, 0) is 38.5 Å². The summed E-state index contributed by atoms with van der Waals surface area (Å²) in [6, 6.07) is 5.09. The summed E-state index contributed by atoms with van der Waals surface area (Å²) in [7, 11) is 4.49. The molecule has 0 saturated heterocycles. The standard InChI is InChI=1S/C20H27N3O6/c1-12(2)23-17(7-8-21-23)22-20(25)13(3)29-18(24)11-14-9-15(26-4)19(28-6)16(10-14)27-5/h7-10,12-13H,11H2,1-6H3,(H,22,25). The van der Waals surface area contributed by atoms with Gasteiger partial charge in [0.1, 0.15) is 5.82 Å². The number of ether oxygens (including phenoxy) is 4. The molecule has 0 fully saturated rings. The van der Waals surface area contributed by atoms with E-state index in [1.54, 1.807) is 29.1 Å². The number of nitrogens with zero attached hydrogens (tertiary/aromatic N) is 2. The molecule has 2 rings (SSSR count). The van der Waals surface area contributed by atoms with Gasteiger partial charge in [-0.2, -0.15) is 5.10 Å². The molecule has 1 heterocycles. The van der Waals surface area contributed by atoms with E-state index in [2.05, 4.69) is 10.4 Å². The van der Waals surface area contributed by atoms with Crippen LogP contribution in [-0.2, 0) is 20.7 Å². The Kier molecular flexibility index (Phi) is 7.46. The van der Waals surface area contributed by atoms with E-state index in [-0.39, 0.29) is 12.5 Å². The van der Waals surface area contributed by atoms with Crippen molar-refractivity contribution in [2.24, 2.45) is 0 Å². The summed E-state index contributed by atoms with van der Waals surface area (Å²) in [6.07, 6.45) is 0.565. The first-order valence-electron chi connectivity index (χ1n) is 9.13. The Labute approximate surface area is 169 Å². The van der Waals surface area contributed by atoms with Crippen molar-refractivity contribution in [2.75, 3.05) is 26.6 Å². The lowest BCUT2D eigenvalue weighted by molar-refractivity contribution is -0.152. The molecular formula is C20H27N3O6.